The quantitative estimate of drug-likeness (QED) is 0.370. The lowest BCUT2D eigenvalue weighted by molar-refractivity contribution is -0.142. The molecule has 1 atom stereocenters. The monoisotopic (exact) mass is 474 g/mol. The van der Waals surface area contributed by atoms with Gasteiger partial charge in [-0.05, 0) is 62.8 Å². The number of anilines is 2. The molecular weight excluding hydrogens is 436 g/mol. The molecule has 0 aliphatic rings. The Kier molecular flexibility index (Phi) is 9.83. The number of nitrogens with zero attached hydrogens (tertiary/aromatic N) is 2. The van der Waals surface area contributed by atoms with Crippen molar-refractivity contribution in [3.63, 3.8) is 0 Å². The number of carbonyl (C=O) groups is 1. The Hall–Kier alpha value is -2.48. The van der Waals surface area contributed by atoms with Crippen LogP contribution in [0.5, 0.6) is 5.75 Å². The van der Waals surface area contributed by atoms with E-state index in [1.807, 2.05) is 36.9 Å². The van der Waals surface area contributed by atoms with Gasteiger partial charge in [-0.15, -0.1) is 0 Å². The number of thioether (sulfide) groups is 1. The minimum Gasteiger partial charge on any atom is -0.496 e. The van der Waals surface area contributed by atoms with Crippen molar-refractivity contribution in [2.45, 2.75) is 71.3 Å². The van der Waals surface area contributed by atoms with E-state index in [-0.39, 0.29) is 5.95 Å². The summed E-state index contributed by atoms with van der Waals surface area (Å²) in [5.74, 6) is 1.88. The Bertz CT molecular complexity index is 941. The van der Waals surface area contributed by atoms with E-state index in [4.69, 9.17) is 10.5 Å². The molecule has 1 unspecified atom stereocenters. The third kappa shape index (κ3) is 7.00. The number of aryl methyl sites for hydroxylation is 1. The lowest BCUT2D eigenvalue weighted by atomic mass is 9.83. The molecule has 0 aliphatic heterocycles. The first kappa shape index (κ1) is 26.8. The van der Waals surface area contributed by atoms with Crippen molar-refractivity contribution in [3.8, 4) is 5.75 Å². The Morgan fingerprint density at radius 2 is 2.03 bits per heavy atom. The molecule has 1 heterocycles. The van der Waals surface area contributed by atoms with E-state index >= 15 is 0 Å². The second-order valence-electron chi connectivity index (χ2n) is 8.89. The standard InChI is InChI=1S/C25H38N4O3S/c1-7-8-9-19(12-13-33-6)28-22-20(16(2)27-24(26)29-22)15-17-14-18(10-11-21(17)32-5)25(3,4)23(30)31/h10-11,14,19H,7-9,12-13,15H2,1-6H3,(H,30,31)(H3,26,27,28,29). The third-order valence-electron chi connectivity index (χ3n) is 6.05. The number of rotatable bonds is 13. The van der Waals surface area contributed by atoms with Gasteiger partial charge >= 0.3 is 5.97 Å². The van der Waals surface area contributed by atoms with Gasteiger partial charge < -0.3 is 20.9 Å². The molecule has 2 rings (SSSR count). The number of nitrogen functional groups attached to an aromatic ring is 1. The molecule has 0 amide bonds. The van der Waals surface area contributed by atoms with Crippen molar-refractivity contribution < 1.29 is 14.6 Å². The smallest absolute Gasteiger partial charge is 0.313 e. The van der Waals surface area contributed by atoms with E-state index in [2.05, 4.69) is 28.5 Å². The minimum atomic E-state index is -1.02. The summed E-state index contributed by atoms with van der Waals surface area (Å²) in [6.07, 6.45) is 7.00. The molecule has 4 N–H and O–H groups in total. The van der Waals surface area contributed by atoms with Gasteiger partial charge in [-0.2, -0.15) is 16.7 Å². The average Bonchev–Trinajstić information content (AvgIpc) is 2.77. The van der Waals surface area contributed by atoms with Crippen molar-refractivity contribution in [3.05, 3.63) is 40.6 Å². The number of aromatic nitrogens is 2. The second-order valence-corrected chi connectivity index (χ2v) is 9.88. The normalized spacial score (nSPS) is 12.4. The molecule has 0 fully saturated rings. The lowest BCUT2D eigenvalue weighted by Crippen LogP contribution is -2.28. The molecule has 33 heavy (non-hydrogen) atoms. The van der Waals surface area contributed by atoms with E-state index < -0.39 is 11.4 Å². The van der Waals surface area contributed by atoms with Crippen molar-refractivity contribution in [1.29, 1.82) is 0 Å². The van der Waals surface area contributed by atoms with E-state index in [9.17, 15) is 9.90 Å². The van der Waals surface area contributed by atoms with Crippen LogP contribution in [0.3, 0.4) is 0 Å². The predicted molar refractivity (Wildman–Crippen MR) is 138 cm³/mol. The summed E-state index contributed by atoms with van der Waals surface area (Å²) < 4.78 is 5.60. The van der Waals surface area contributed by atoms with Gasteiger partial charge in [0.25, 0.3) is 0 Å². The highest BCUT2D eigenvalue weighted by molar-refractivity contribution is 7.98. The average molecular weight is 475 g/mol. The number of hydrogen-bond donors (Lipinski definition) is 3. The molecule has 0 spiro atoms. The van der Waals surface area contributed by atoms with Crippen molar-refractivity contribution in [1.82, 2.24) is 9.97 Å². The van der Waals surface area contributed by atoms with Crippen LogP contribution in [0.4, 0.5) is 11.8 Å². The highest BCUT2D eigenvalue weighted by Gasteiger charge is 2.30. The van der Waals surface area contributed by atoms with Gasteiger partial charge in [-0.1, -0.05) is 31.9 Å². The maximum absolute atomic E-state index is 11.8. The van der Waals surface area contributed by atoms with Crippen LogP contribution in [-0.4, -0.2) is 46.2 Å². The van der Waals surface area contributed by atoms with E-state index in [0.717, 1.165) is 59.6 Å². The van der Waals surface area contributed by atoms with Gasteiger partial charge in [0.15, 0.2) is 0 Å². The first-order valence-electron chi connectivity index (χ1n) is 11.4. The third-order valence-corrected chi connectivity index (χ3v) is 6.70. The number of nitrogens with two attached hydrogens (primary N) is 1. The number of benzene rings is 1. The highest BCUT2D eigenvalue weighted by Crippen LogP contribution is 2.32. The first-order chi connectivity index (χ1) is 15.6. The van der Waals surface area contributed by atoms with Crippen LogP contribution in [-0.2, 0) is 16.6 Å². The fourth-order valence-corrected chi connectivity index (χ4v) is 4.28. The topological polar surface area (TPSA) is 110 Å². The van der Waals surface area contributed by atoms with Gasteiger partial charge in [0, 0.05) is 23.7 Å². The molecule has 1 aromatic heterocycles. The first-order valence-corrected chi connectivity index (χ1v) is 12.8. The lowest BCUT2D eigenvalue weighted by Gasteiger charge is -2.23. The maximum atomic E-state index is 11.8. The summed E-state index contributed by atoms with van der Waals surface area (Å²) in [7, 11) is 1.62. The highest BCUT2D eigenvalue weighted by atomic mass is 32.2. The van der Waals surface area contributed by atoms with Gasteiger partial charge in [-0.3, -0.25) is 4.79 Å². The summed E-state index contributed by atoms with van der Waals surface area (Å²) in [6.45, 7) is 7.53. The Labute approximate surface area is 201 Å². The zero-order chi connectivity index (χ0) is 24.6. The van der Waals surface area contributed by atoms with Crippen molar-refractivity contribution >= 4 is 29.5 Å². The van der Waals surface area contributed by atoms with E-state index in [0.29, 0.717) is 18.2 Å². The summed E-state index contributed by atoms with van der Waals surface area (Å²) in [6, 6.07) is 5.85. The summed E-state index contributed by atoms with van der Waals surface area (Å²) in [5, 5.41) is 13.3. The molecule has 7 nitrogen and oxygen atoms in total. The molecule has 0 saturated carbocycles. The van der Waals surface area contributed by atoms with Gasteiger partial charge in [0.05, 0.1) is 12.5 Å². The number of hydrogen-bond acceptors (Lipinski definition) is 7. The van der Waals surface area contributed by atoms with Crippen LogP contribution < -0.4 is 15.8 Å². The van der Waals surface area contributed by atoms with Crippen LogP contribution >= 0.6 is 11.8 Å². The van der Waals surface area contributed by atoms with E-state index in [1.54, 1.807) is 21.0 Å². The van der Waals surface area contributed by atoms with Gasteiger partial charge in [0.2, 0.25) is 5.95 Å². The molecule has 2 aromatic rings. The van der Waals surface area contributed by atoms with Crippen molar-refractivity contribution in [2.24, 2.45) is 0 Å². The molecule has 0 saturated heterocycles. The number of methoxy groups -OCH3 is 1. The SMILES string of the molecule is CCCCC(CCSC)Nc1nc(N)nc(C)c1Cc1cc(C(C)(C)C(=O)O)ccc1OC. The number of ether oxygens (including phenoxy) is 1. The van der Waals surface area contributed by atoms with Gasteiger partial charge in [-0.25, -0.2) is 4.98 Å². The Balaban J connectivity index is 2.47. The fraction of sp³-hybridized carbons (Fsp3) is 0.560. The molecule has 182 valence electrons. The van der Waals surface area contributed by atoms with Crippen LogP contribution in [0.25, 0.3) is 0 Å². The van der Waals surface area contributed by atoms with Crippen LogP contribution in [0.2, 0.25) is 0 Å². The fourth-order valence-electron chi connectivity index (χ4n) is 3.76. The summed E-state index contributed by atoms with van der Waals surface area (Å²) >= 11 is 1.84. The van der Waals surface area contributed by atoms with Crippen molar-refractivity contribution in [2.75, 3.05) is 30.2 Å². The molecule has 0 bridgehead atoms. The number of nitrogens with one attached hydrogen (secondary N) is 1. The predicted octanol–water partition coefficient (Wildman–Crippen LogP) is 5.05. The molecule has 1 aromatic carbocycles. The number of carboxylic acid groups (broad SMARTS) is 1. The largest absolute Gasteiger partial charge is 0.496 e. The number of aliphatic carboxylic acids is 1. The minimum absolute atomic E-state index is 0.241. The van der Waals surface area contributed by atoms with Crippen LogP contribution in [0.15, 0.2) is 18.2 Å². The van der Waals surface area contributed by atoms with E-state index in [1.165, 1.54) is 0 Å². The van der Waals surface area contributed by atoms with Gasteiger partial charge in [0.1, 0.15) is 11.6 Å². The summed E-state index contributed by atoms with van der Waals surface area (Å²) in [5.41, 5.74) is 8.34. The molecular formula is C25H38N4O3S. The van der Waals surface area contributed by atoms with Crippen LogP contribution in [0.1, 0.15) is 68.8 Å². The maximum Gasteiger partial charge on any atom is 0.313 e. The number of unbranched alkanes of at least 4 members (excludes halogenated alkanes) is 1. The molecule has 0 radical (unpaired) electrons. The zero-order valence-electron chi connectivity index (χ0n) is 20.7. The van der Waals surface area contributed by atoms with Crippen LogP contribution in [0, 0.1) is 6.92 Å². The molecule has 0 aliphatic carbocycles. The Morgan fingerprint density at radius 3 is 2.64 bits per heavy atom. The number of carboxylic acids is 1. The summed E-state index contributed by atoms with van der Waals surface area (Å²) in [4.78, 5) is 20.8. The Morgan fingerprint density at radius 1 is 1.30 bits per heavy atom. The second kappa shape index (κ2) is 12.1. The molecule has 8 heteroatoms. The zero-order valence-corrected chi connectivity index (χ0v) is 21.5.